The van der Waals surface area contributed by atoms with Gasteiger partial charge in [-0.25, -0.2) is 8.78 Å². The minimum atomic E-state index is -0.609. The molecule has 108 valence electrons. The van der Waals surface area contributed by atoms with Crippen LogP contribution in [-0.4, -0.2) is 4.57 Å². The number of hydrogen-bond acceptors (Lipinski definition) is 1. The number of rotatable bonds is 3. The summed E-state index contributed by atoms with van der Waals surface area (Å²) in [6, 6.07) is 10.1. The molecule has 0 aliphatic heterocycles. The van der Waals surface area contributed by atoms with Crippen molar-refractivity contribution in [2.24, 2.45) is 7.05 Å². The second-order valence-corrected chi connectivity index (χ2v) is 5.73. The van der Waals surface area contributed by atoms with Crippen LogP contribution >= 0.6 is 15.9 Å². The van der Waals surface area contributed by atoms with Crippen LogP contribution < -0.4 is 5.32 Å². The van der Waals surface area contributed by atoms with Gasteiger partial charge in [-0.2, -0.15) is 0 Å². The van der Waals surface area contributed by atoms with E-state index in [1.807, 2.05) is 42.1 Å². The molecule has 3 aromatic rings. The van der Waals surface area contributed by atoms with Gasteiger partial charge in [-0.3, -0.25) is 0 Å². The number of aromatic nitrogens is 1. The summed E-state index contributed by atoms with van der Waals surface area (Å²) in [5.74, 6) is -1.21. The third kappa shape index (κ3) is 2.65. The first-order valence-corrected chi connectivity index (χ1v) is 7.27. The van der Waals surface area contributed by atoms with Crippen LogP contribution in [0, 0.1) is 11.6 Å². The van der Waals surface area contributed by atoms with Crippen molar-refractivity contribution in [3.63, 3.8) is 0 Å². The third-order valence-electron chi connectivity index (χ3n) is 3.44. The highest BCUT2D eigenvalue weighted by atomic mass is 79.9. The molecule has 3 rings (SSSR count). The van der Waals surface area contributed by atoms with E-state index in [0.717, 1.165) is 22.5 Å². The maximum absolute atomic E-state index is 13.8. The Morgan fingerprint density at radius 3 is 2.71 bits per heavy atom. The van der Waals surface area contributed by atoms with E-state index in [-0.39, 0.29) is 5.69 Å². The molecule has 0 atom stereocenters. The minimum Gasteiger partial charge on any atom is -0.378 e. The second-order valence-electron chi connectivity index (χ2n) is 4.88. The fourth-order valence-electron chi connectivity index (χ4n) is 2.46. The molecule has 0 saturated heterocycles. The highest BCUT2D eigenvalue weighted by molar-refractivity contribution is 9.10. The van der Waals surface area contributed by atoms with Crippen LogP contribution in [0.4, 0.5) is 14.5 Å². The summed E-state index contributed by atoms with van der Waals surface area (Å²) in [6.45, 7) is 0.461. The predicted octanol–water partition coefficient (Wildman–Crippen LogP) is 4.83. The smallest absolute Gasteiger partial charge is 0.150 e. The molecule has 1 heterocycles. The normalized spacial score (nSPS) is 11.0. The third-order valence-corrected chi connectivity index (χ3v) is 4.07. The van der Waals surface area contributed by atoms with Crippen LogP contribution in [0.1, 0.15) is 5.56 Å². The van der Waals surface area contributed by atoms with Crippen LogP contribution in [0.3, 0.4) is 0 Å². The summed E-state index contributed by atoms with van der Waals surface area (Å²) < 4.78 is 29.3. The van der Waals surface area contributed by atoms with Gasteiger partial charge in [0.25, 0.3) is 0 Å². The fraction of sp³-hybridized carbons (Fsp3) is 0.125. The number of nitrogens with zero attached hydrogens (tertiary/aromatic N) is 1. The summed E-state index contributed by atoms with van der Waals surface area (Å²) in [7, 11) is 1.97. The molecular formula is C16H13BrF2N2. The maximum atomic E-state index is 13.8. The molecule has 0 saturated carbocycles. The van der Waals surface area contributed by atoms with E-state index < -0.39 is 11.6 Å². The molecule has 1 N–H and O–H groups in total. The summed E-state index contributed by atoms with van der Waals surface area (Å²) in [4.78, 5) is 0. The van der Waals surface area contributed by atoms with Gasteiger partial charge >= 0.3 is 0 Å². The van der Waals surface area contributed by atoms with Crippen LogP contribution in [0.25, 0.3) is 10.9 Å². The van der Waals surface area contributed by atoms with E-state index in [4.69, 9.17) is 0 Å². The number of hydrogen-bond donors (Lipinski definition) is 1. The highest BCUT2D eigenvalue weighted by Crippen LogP contribution is 2.28. The van der Waals surface area contributed by atoms with Crippen molar-refractivity contribution in [1.29, 1.82) is 0 Å². The van der Waals surface area contributed by atoms with Crippen molar-refractivity contribution in [3.8, 4) is 0 Å². The summed E-state index contributed by atoms with van der Waals surface area (Å²) in [5, 5.41) is 4.15. The average Bonchev–Trinajstić information content (AvgIpc) is 2.75. The summed E-state index contributed by atoms with van der Waals surface area (Å²) in [6.07, 6.45) is 2.01. The van der Waals surface area contributed by atoms with Crippen molar-refractivity contribution in [1.82, 2.24) is 4.57 Å². The Morgan fingerprint density at radius 2 is 1.95 bits per heavy atom. The molecular weight excluding hydrogens is 338 g/mol. The fourth-order valence-corrected chi connectivity index (χ4v) is 3.01. The Morgan fingerprint density at radius 1 is 1.19 bits per heavy atom. The standard InChI is InChI=1S/C16H13BrF2N2/c1-21-9-10(12-4-2-3-5-15(12)21)8-20-16-13(17)6-11(18)7-14(16)19/h2-7,9,20H,8H2,1H3. The van der Waals surface area contributed by atoms with Crippen molar-refractivity contribution in [2.45, 2.75) is 6.54 Å². The molecule has 2 nitrogen and oxygen atoms in total. The molecule has 0 amide bonds. The Kier molecular flexibility index (Phi) is 3.68. The zero-order valence-corrected chi connectivity index (χ0v) is 12.9. The first kappa shape index (κ1) is 14.1. The lowest BCUT2D eigenvalue weighted by atomic mass is 10.1. The Labute approximate surface area is 129 Å². The Balaban J connectivity index is 1.91. The first-order valence-electron chi connectivity index (χ1n) is 6.47. The van der Waals surface area contributed by atoms with Gasteiger partial charge in [0.2, 0.25) is 0 Å². The van der Waals surface area contributed by atoms with Crippen molar-refractivity contribution < 1.29 is 8.78 Å². The number of aryl methyl sites for hydroxylation is 1. The zero-order valence-electron chi connectivity index (χ0n) is 11.3. The molecule has 0 bridgehead atoms. The highest BCUT2D eigenvalue weighted by Gasteiger charge is 2.11. The van der Waals surface area contributed by atoms with E-state index >= 15 is 0 Å². The lowest BCUT2D eigenvalue weighted by Gasteiger charge is -2.09. The molecule has 0 radical (unpaired) electrons. The number of para-hydroxylation sites is 1. The van der Waals surface area contributed by atoms with Crippen molar-refractivity contribution in [3.05, 3.63) is 64.3 Å². The largest absolute Gasteiger partial charge is 0.378 e. The quantitative estimate of drug-likeness (QED) is 0.715. The molecule has 0 spiro atoms. The van der Waals surface area contributed by atoms with Gasteiger partial charge in [-0.05, 0) is 33.6 Å². The minimum absolute atomic E-state index is 0.268. The molecule has 1 aromatic heterocycles. The Bertz CT molecular complexity index is 788. The maximum Gasteiger partial charge on any atom is 0.150 e. The zero-order chi connectivity index (χ0) is 15.0. The molecule has 0 fully saturated rings. The first-order chi connectivity index (χ1) is 10.1. The van der Waals surface area contributed by atoms with Gasteiger partial charge in [0.05, 0.1) is 5.69 Å². The molecule has 21 heavy (non-hydrogen) atoms. The van der Waals surface area contributed by atoms with Crippen LogP contribution in [0.5, 0.6) is 0 Å². The van der Waals surface area contributed by atoms with Crippen molar-refractivity contribution >= 4 is 32.5 Å². The van der Waals surface area contributed by atoms with E-state index in [1.54, 1.807) is 0 Å². The molecule has 2 aromatic carbocycles. The Hall–Kier alpha value is -1.88. The van der Waals surface area contributed by atoms with Gasteiger partial charge in [-0.15, -0.1) is 0 Å². The van der Waals surface area contributed by atoms with E-state index in [0.29, 0.717) is 11.0 Å². The van der Waals surface area contributed by atoms with Gasteiger partial charge in [0, 0.05) is 41.2 Å². The SMILES string of the molecule is Cn1cc(CNc2c(F)cc(F)cc2Br)c2ccccc21. The number of halogens is 3. The van der Waals surface area contributed by atoms with E-state index in [1.165, 1.54) is 6.07 Å². The lowest BCUT2D eigenvalue weighted by molar-refractivity contribution is 0.583. The van der Waals surface area contributed by atoms with E-state index in [2.05, 4.69) is 21.2 Å². The topological polar surface area (TPSA) is 17.0 Å². The van der Waals surface area contributed by atoms with Gasteiger partial charge in [0.1, 0.15) is 11.6 Å². The van der Waals surface area contributed by atoms with Crippen molar-refractivity contribution in [2.75, 3.05) is 5.32 Å². The van der Waals surface area contributed by atoms with Gasteiger partial charge in [-0.1, -0.05) is 18.2 Å². The molecule has 5 heteroatoms. The number of benzene rings is 2. The molecule has 0 unspecified atom stereocenters. The lowest BCUT2D eigenvalue weighted by Crippen LogP contribution is -2.02. The second kappa shape index (κ2) is 5.48. The van der Waals surface area contributed by atoms with Crippen LogP contribution in [0.2, 0.25) is 0 Å². The monoisotopic (exact) mass is 350 g/mol. The van der Waals surface area contributed by atoms with E-state index in [9.17, 15) is 8.78 Å². The van der Waals surface area contributed by atoms with Gasteiger partial charge in [0.15, 0.2) is 0 Å². The molecule has 0 aliphatic carbocycles. The van der Waals surface area contributed by atoms with Crippen LogP contribution in [-0.2, 0) is 13.6 Å². The van der Waals surface area contributed by atoms with Crippen LogP contribution in [0.15, 0.2) is 47.1 Å². The number of nitrogens with one attached hydrogen (secondary N) is 1. The number of fused-ring (bicyclic) bond motifs is 1. The summed E-state index contributed by atoms with van der Waals surface area (Å²) in [5.41, 5.74) is 2.45. The number of anilines is 1. The molecule has 0 aliphatic rings. The summed E-state index contributed by atoms with van der Waals surface area (Å²) >= 11 is 3.18. The predicted molar refractivity (Wildman–Crippen MR) is 84.3 cm³/mol. The average molecular weight is 351 g/mol. The van der Waals surface area contributed by atoms with Gasteiger partial charge < -0.3 is 9.88 Å².